The third-order valence-corrected chi connectivity index (χ3v) is 5.18. The molecule has 0 saturated carbocycles. The van der Waals surface area contributed by atoms with Crippen LogP contribution in [0.25, 0.3) is 0 Å². The minimum absolute atomic E-state index is 0.151. The Labute approximate surface area is 150 Å². The number of halogens is 1. The third-order valence-electron chi connectivity index (χ3n) is 4.07. The zero-order valence-corrected chi connectivity index (χ0v) is 14.8. The maximum atomic E-state index is 14.2. The topological polar surface area (TPSA) is 71.5 Å². The van der Waals surface area contributed by atoms with Gasteiger partial charge >= 0.3 is 0 Å². The molecule has 0 bridgehead atoms. The Morgan fingerprint density at radius 2 is 1.65 bits per heavy atom. The number of nitrogens with zero attached hydrogens (tertiary/aromatic N) is 1. The number of fused-ring (bicyclic) bond motifs is 1. The molecule has 0 aliphatic carbocycles. The number of sulfone groups is 1. The molecule has 1 aliphatic heterocycles. The van der Waals surface area contributed by atoms with Gasteiger partial charge < -0.3 is 0 Å². The molecule has 0 N–H and O–H groups in total. The molecule has 5 nitrogen and oxygen atoms in total. The summed E-state index contributed by atoms with van der Waals surface area (Å²) in [7, 11) is -3.34. The third kappa shape index (κ3) is 3.57. The molecule has 0 spiro atoms. The van der Waals surface area contributed by atoms with Crippen LogP contribution in [0.1, 0.15) is 26.3 Å². The van der Waals surface area contributed by atoms with E-state index in [0.29, 0.717) is 5.56 Å². The van der Waals surface area contributed by atoms with E-state index in [-0.39, 0.29) is 22.4 Å². The van der Waals surface area contributed by atoms with Gasteiger partial charge in [-0.2, -0.15) is 0 Å². The number of imide groups is 1. The molecule has 0 saturated heterocycles. The SMILES string of the molecule is CS(=O)(=O)c1cccc(C/C=C(\F)CN2C(=O)c3ccccc3C2=O)c1. The Balaban J connectivity index is 1.73. The van der Waals surface area contributed by atoms with Crippen molar-refractivity contribution < 1.29 is 22.4 Å². The van der Waals surface area contributed by atoms with Crippen LogP contribution in [0.5, 0.6) is 0 Å². The molecule has 1 heterocycles. The number of amides is 2. The van der Waals surface area contributed by atoms with Crippen LogP contribution in [0.2, 0.25) is 0 Å². The van der Waals surface area contributed by atoms with E-state index in [1.165, 1.54) is 30.3 Å². The van der Waals surface area contributed by atoms with Gasteiger partial charge in [-0.3, -0.25) is 14.5 Å². The summed E-state index contributed by atoms with van der Waals surface area (Å²) in [6.07, 6.45) is 2.49. The molecular formula is C19H16FNO4S. The van der Waals surface area contributed by atoms with Gasteiger partial charge in [0.1, 0.15) is 5.83 Å². The lowest BCUT2D eigenvalue weighted by atomic mass is 10.1. The van der Waals surface area contributed by atoms with Gasteiger partial charge in [0.25, 0.3) is 11.8 Å². The van der Waals surface area contributed by atoms with Crippen molar-refractivity contribution in [2.75, 3.05) is 12.8 Å². The summed E-state index contributed by atoms with van der Waals surface area (Å²) >= 11 is 0. The quantitative estimate of drug-likeness (QED) is 0.756. The average molecular weight is 373 g/mol. The van der Waals surface area contributed by atoms with Gasteiger partial charge in [0.2, 0.25) is 0 Å². The highest BCUT2D eigenvalue weighted by Crippen LogP contribution is 2.23. The van der Waals surface area contributed by atoms with E-state index in [1.54, 1.807) is 24.3 Å². The van der Waals surface area contributed by atoms with Crippen molar-refractivity contribution in [3.8, 4) is 0 Å². The number of hydrogen-bond acceptors (Lipinski definition) is 4. The molecule has 0 aromatic heterocycles. The molecule has 0 radical (unpaired) electrons. The maximum Gasteiger partial charge on any atom is 0.261 e. The molecule has 2 amide bonds. The highest BCUT2D eigenvalue weighted by atomic mass is 32.2. The van der Waals surface area contributed by atoms with Crippen LogP contribution < -0.4 is 0 Å². The molecule has 0 fully saturated rings. The van der Waals surface area contributed by atoms with E-state index < -0.39 is 34.0 Å². The van der Waals surface area contributed by atoms with E-state index in [4.69, 9.17) is 0 Å². The summed E-state index contributed by atoms with van der Waals surface area (Å²) < 4.78 is 37.4. The lowest BCUT2D eigenvalue weighted by molar-refractivity contribution is 0.0660. The van der Waals surface area contributed by atoms with E-state index in [1.807, 2.05) is 0 Å². The van der Waals surface area contributed by atoms with E-state index in [2.05, 4.69) is 0 Å². The Morgan fingerprint density at radius 1 is 1.04 bits per heavy atom. The second-order valence-corrected chi connectivity index (χ2v) is 8.03. The molecule has 1 aliphatic rings. The van der Waals surface area contributed by atoms with Gasteiger partial charge in [-0.25, -0.2) is 12.8 Å². The van der Waals surface area contributed by atoms with Crippen molar-refractivity contribution in [1.29, 1.82) is 0 Å². The van der Waals surface area contributed by atoms with Crippen molar-refractivity contribution in [3.05, 3.63) is 77.1 Å². The van der Waals surface area contributed by atoms with Crippen LogP contribution >= 0.6 is 0 Å². The number of rotatable bonds is 5. The van der Waals surface area contributed by atoms with Crippen LogP contribution in [-0.2, 0) is 16.3 Å². The highest BCUT2D eigenvalue weighted by Gasteiger charge is 2.35. The number of hydrogen-bond donors (Lipinski definition) is 0. The van der Waals surface area contributed by atoms with E-state index >= 15 is 0 Å². The zero-order chi connectivity index (χ0) is 18.9. The summed E-state index contributed by atoms with van der Waals surface area (Å²) in [5.74, 6) is -1.68. The van der Waals surface area contributed by atoms with Crippen molar-refractivity contribution in [2.45, 2.75) is 11.3 Å². The second kappa shape index (κ2) is 6.84. The van der Waals surface area contributed by atoms with Crippen LogP contribution in [0.15, 0.2) is 65.3 Å². The Bertz CT molecular complexity index is 992. The molecule has 134 valence electrons. The van der Waals surface area contributed by atoms with Gasteiger partial charge in [-0.15, -0.1) is 0 Å². The minimum Gasteiger partial charge on any atom is -0.269 e. The fourth-order valence-corrected chi connectivity index (χ4v) is 3.42. The van der Waals surface area contributed by atoms with Crippen LogP contribution in [0, 0.1) is 0 Å². The lowest BCUT2D eigenvalue weighted by Crippen LogP contribution is -2.31. The Hall–Kier alpha value is -2.80. The highest BCUT2D eigenvalue weighted by molar-refractivity contribution is 7.90. The predicted octanol–water partition coefficient (Wildman–Crippen LogP) is 2.78. The number of benzene rings is 2. The molecule has 7 heteroatoms. The van der Waals surface area contributed by atoms with Gasteiger partial charge in [0.05, 0.1) is 22.6 Å². The smallest absolute Gasteiger partial charge is 0.261 e. The van der Waals surface area contributed by atoms with Crippen LogP contribution in [0.3, 0.4) is 0 Å². The summed E-state index contributed by atoms with van der Waals surface area (Å²) in [5.41, 5.74) is 1.16. The molecule has 2 aromatic carbocycles. The normalized spacial score (nSPS) is 14.7. The van der Waals surface area contributed by atoms with Crippen LogP contribution in [-0.4, -0.2) is 37.9 Å². The first-order valence-electron chi connectivity index (χ1n) is 7.86. The molecular weight excluding hydrogens is 357 g/mol. The molecule has 2 aromatic rings. The Kier molecular flexibility index (Phi) is 4.73. The summed E-state index contributed by atoms with van der Waals surface area (Å²) in [6.45, 7) is -0.446. The fraction of sp³-hybridized carbons (Fsp3) is 0.158. The van der Waals surface area contributed by atoms with Crippen molar-refractivity contribution in [2.24, 2.45) is 0 Å². The summed E-state index contributed by atoms with van der Waals surface area (Å²) in [5, 5.41) is 0. The zero-order valence-electron chi connectivity index (χ0n) is 14.0. The van der Waals surface area contributed by atoms with Gasteiger partial charge in [-0.1, -0.05) is 24.3 Å². The largest absolute Gasteiger partial charge is 0.269 e. The minimum atomic E-state index is -3.34. The second-order valence-electron chi connectivity index (χ2n) is 6.02. The lowest BCUT2D eigenvalue weighted by Gasteiger charge is -2.12. The van der Waals surface area contributed by atoms with Crippen molar-refractivity contribution >= 4 is 21.7 Å². The van der Waals surface area contributed by atoms with Crippen LogP contribution in [0.4, 0.5) is 4.39 Å². The Morgan fingerprint density at radius 3 is 2.23 bits per heavy atom. The molecule has 3 rings (SSSR count). The number of carbonyl (C=O) groups excluding carboxylic acids is 2. The molecule has 0 atom stereocenters. The average Bonchev–Trinajstić information content (AvgIpc) is 2.85. The predicted molar refractivity (Wildman–Crippen MR) is 94.3 cm³/mol. The van der Waals surface area contributed by atoms with Gasteiger partial charge in [0.15, 0.2) is 9.84 Å². The van der Waals surface area contributed by atoms with Crippen molar-refractivity contribution in [3.63, 3.8) is 0 Å². The first-order valence-corrected chi connectivity index (χ1v) is 9.75. The monoisotopic (exact) mass is 373 g/mol. The van der Waals surface area contributed by atoms with Gasteiger partial charge in [0, 0.05) is 6.26 Å². The number of allylic oxidation sites excluding steroid dienone is 1. The number of carbonyl (C=O) groups is 2. The summed E-state index contributed by atoms with van der Waals surface area (Å²) in [6, 6.07) is 12.6. The maximum absolute atomic E-state index is 14.2. The molecule has 0 unspecified atom stereocenters. The van der Waals surface area contributed by atoms with Crippen molar-refractivity contribution in [1.82, 2.24) is 4.90 Å². The first-order chi connectivity index (χ1) is 12.3. The van der Waals surface area contributed by atoms with E-state index in [9.17, 15) is 22.4 Å². The molecule has 26 heavy (non-hydrogen) atoms. The standard InChI is InChI=1S/C19H16FNO4S/c1-26(24,25)15-6-4-5-13(11-15)9-10-14(20)12-21-18(22)16-7-2-3-8-17(16)19(21)23/h2-8,10-11H,9,12H2,1H3/b14-10-. The van der Waals surface area contributed by atoms with E-state index in [0.717, 1.165) is 11.2 Å². The summed E-state index contributed by atoms with van der Waals surface area (Å²) in [4.78, 5) is 25.5. The fourth-order valence-electron chi connectivity index (χ4n) is 2.73. The van der Waals surface area contributed by atoms with Gasteiger partial charge in [-0.05, 0) is 42.3 Å². The first kappa shape index (κ1) is 18.0.